The molecule has 2 N–H and O–H groups in total. The third kappa shape index (κ3) is 1.07. The first-order valence-electron chi connectivity index (χ1n) is 3.52. The van der Waals surface area contributed by atoms with Gasteiger partial charge in [-0.25, -0.2) is 0 Å². The topological polar surface area (TPSA) is 57.5 Å². The summed E-state index contributed by atoms with van der Waals surface area (Å²) in [5, 5.41) is 18.1. The predicted molar refractivity (Wildman–Crippen MR) is 35.4 cm³/mol. The van der Waals surface area contributed by atoms with Crippen molar-refractivity contribution < 1.29 is 15.0 Å². The van der Waals surface area contributed by atoms with E-state index in [0.717, 1.165) is 12.8 Å². The van der Waals surface area contributed by atoms with Crippen molar-refractivity contribution in [3.8, 4) is 0 Å². The Hall–Kier alpha value is -0.410. The molecular formula is C7H12O3. The second-order valence-electron chi connectivity index (χ2n) is 2.88. The summed E-state index contributed by atoms with van der Waals surface area (Å²) in [6.07, 6.45) is 2.65. The van der Waals surface area contributed by atoms with Crippen molar-refractivity contribution in [3.63, 3.8) is 0 Å². The molecule has 3 heteroatoms. The molecule has 2 atom stereocenters. The third-order valence-corrected chi connectivity index (χ3v) is 2.26. The molecule has 0 aromatic heterocycles. The third-order valence-electron chi connectivity index (χ3n) is 2.26. The molecule has 0 bridgehead atoms. The second kappa shape index (κ2) is 2.68. The Morgan fingerprint density at radius 2 is 2.40 bits per heavy atom. The van der Waals surface area contributed by atoms with Crippen molar-refractivity contribution >= 4 is 6.29 Å². The summed E-state index contributed by atoms with van der Waals surface area (Å²) < 4.78 is 0. The van der Waals surface area contributed by atoms with Crippen LogP contribution in [0.3, 0.4) is 0 Å². The molecule has 1 fully saturated rings. The van der Waals surface area contributed by atoms with Gasteiger partial charge in [0.05, 0.1) is 0 Å². The van der Waals surface area contributed by atoms with Crippen LogP contribution in [-0.4, -0.2) is 28.7 Å². The van der Waals surface area contributed by atoms with Crippen LogP contribution in [0.2, 0.25) is 0 Å². The lowest BCUT2D eigenvalue weighted by Crippen LogP contribution is -2.36. The van der Waals surface area contributed by atoms with Crippen LogP contribution in [0, 0.1) is 5.92 Å². The fourth-order valence-electron chi connectivity index (χ4n) is 1.49. The minimum absolute atomic E-state index is 0.0881. The normalized spacial score (nSPS) is 40.0. The molecule has 0 heterocycles. The van der Waals surface area contributed by atoms with Gasteiger partial charge in [0.25, 0.3) is 0 Å². The second-order valence-corrected chi connectivity index (χ2v) is 2.88. The van der Waals surface area contributed by atoms with Gasteiger partial charge in [0.2, 0.25) is 0 Å². The average Bonchev–Trinajstić information content (AvgIpc) is 2.32. The quantitative estimate of drug-likeness (QED) is 0.523. The van der Waals surface area contributed by atoms with E-state index in [1.54, 1.807) is 0 Å². The predicted octanol–water partition coefficient (Wildman–Crippen LogP) is -0.291. The van der Waals surface area contributed by atoms with Crippen LogP contribution in [0.1, 0.15) is 19.3 Å². The van der Waals surface area contributed by atoms with Crippen LogP contribution in [-0.2, 0) is 4.79 Å². The first-order chi connectivity index (χ1) is 4.73. The molecule has 0 unspecified atom stereocenters. The summed E-state index contributed by atoms with van der Waals surface area (Å²) in [6.45, 7) is -0.0881. The maximum absolute atomic E-state index is 10.3. The molecule has 0 radical (unpaired) electrons. The molecule has 1 rings (SSSR count). The number of aliphatic hydroxyl groups is 2. The van der Waals surface area contributed by atoms with E-state index in [1.807, 2.05) is 0 Å². The zero-order chi connectivity index (χ0) is 7.61. The first kappa shape index (κ1) is 7.69. The largest absolute Gasteiger partial charge is 0.396 e. The van der Waals surface area contributed by atoms with Gasteiger partial charge in [-0.3, -0.25) is 0 Å². The molecule has 58 valence electrons. The number of hydrogen-bond donors (Lipinski definition) is 2. The molecule has 10 heavy (non-hydrogen) atoms. The first-order valence-corrected chi connectivity index (χ1v) is 3.52. The van der Waals surface area contributed by atoms with E-state index in [1.165, 1.54) is 0 Å². The van der Waals surface area contributed by atoms with Crippen molar-refractivity contribution in [2.45, 2.75) is 24.9 Å². The summed E-state index contributed by atoms with van der Waals surface area (Å²) in [7, 11) is 0. The van der Waals surface area contributed by atoms with Gasteiger partial charge in [-0.1, -0.05) is 0 Å². The van der Waals surface area contributed by atoms with Crippen LogP contribution in [0.4, 0.5) is 0 Å². The zero-order valence-electron chi connectivity index (χ0n) is 5.79. The lowest BCUT2D eigenvalue weighted by Gasteiger charge is -2.21. The molecular weight excluding hydrogens is 132 g/mol. The molecule has 0 amide bonds. The number of aliphatic hydroxyl groups excluding tert-OH is 1. The van der Waals surface area contributed by atoms with Crippen LogP contribution in [0.25, 0.3) is 0 Å². The summed E-state index contributed by atoms with van der Waals surface area (Å²) in [5.41, 5.74) is -1.23. The SMILES string of the molecule is O=C[C@]1(O)CCC[C@@H]1CO. The maximum atomic E-state index is 10.3. The lowest BCUT2D eigenvalue weighted by atomic mass is 9.93. The van der Waals surface area contributed by atoms with E-state index < -0.39 is 5.60 Å². The van der Waals surface area contributed by atoms with Crippen molar-refractivity contribution in [1.82, 2.24) is 0 Å². The summed E-state index contributed by atoms with van der Waals surface area (Å²) in [6, 6.07) is 0. The Kier molecular flexibility index (Phi) is 2.06. The van der Waals surface area contributed by atoms with Gasteiger partial charge in [-0.15, -0.1) is 0 Å². The maximum Gasteiger partial charge on any atom is 0.151 e. The van der Waals surface area contributed by atoms with Gasteiger partial charge >= 0.3 is 0 Å². The van der Waals surface area contributed by atoms with Gasteiger partial charge < -0.3 is 15.0 Å². The van der Waals surface area contributed by atoms with Gasteiger partial charge in [0, 0.05) is 12.5 Å². The summed E-state index contributed by atoms with van der Waals surface area (Å²) >= 11 is 0. The van der Waals surface area contributed by atoms with Crippen molar-refractivity contribution in [3.05, 3.63) is 0 Å². The lowest BCUT2D eigenvalue weighted by molar-refractivity contribution is -0.128. The van der Waals surface area contributed by atoms with Crippen LogP contribution < -0.4 is 0 Å². The fourth-order valence-corrected chi connectivity index (χ4v) is 1.49. The smallest absolute Gasteiger partial charge is 0.151 e. The Balaban J connectivity index is 2.65. The van der Waals surface area contributed by atoms with E-state index in [9.17, 15) is 9.90 Å². The standard InChI is InChI=1S/C7H12O3/c8-4-6-2-1-3-7(6,10)5-9/h5-6,8,10H,1-4H2/t6-,7-/m1/s1. The molecule has 0 aromatic carbocycles. The van der Waals surface area contributed by atoms with E-state index in [-0.39, 0.29) is 12.5 Å². The highest BCUT2D eigenvalue weighted by atomic mass is 16.3. The molecule has 3 nitrogen and oxygen atoms in total. The van der Waals surface area contributed by atoms with Gasteiger partial charge in [0.1, 0.15) is 5.60 Å². The molecule has 1 saturated carbocycles. The Labute approximate surface area is 59.7 Å². The van der Waals surface area contributed by atoms with Crippen molar-refractivity contribution in [2.24, 2.45) is 5.92 Å². The Bertz CT molecular complexity index is 135. The highest BCUT2D eigenvalue weighted by molar-refractivity contribution is 5.63. The molecule has 0 saturated heterocycles. The van der Waals surface area contributed by atoms with Crippen LogP contribution in [0.15, 0.2) is 0 Å². The summed E-state index contributed by atoms with van der Waals surface area (Å²) in [4.78, 5) is 10.3. The Morgan fingerprint density at radius 1 is 1.70 bits per heavy atom. The minimum Gasteiger partial charge on any atom is -0.396 e. The van der Waals surface area contributed by atoms with Gasteiger partial charge in [-0.2, -0.15) is 0 Å². The molecule has 1 aliphatic carbocycles. The number of hydrogen-bond acceptors (Lipinski definition) is 3. The van der Waals surface area contributed by atoms with E-state index >= 15 is 0 Å². The zero-order valence-corrected chi connectivity index (χ0v) is 5.79. The number of rotatable bonds is 2. The molecule has 0 aromatic rings. The van der Waals surface area contributed by atoms with Gasteiger partial charge in [0.15, 0.2) is 6.29 Å². The monoisotopic (exact) mass is 144 g/mol. The van der Waals surface area contributed by atoms with Gasteiger partial charge in [-0.05, 0) is 19.3 Å². The number of carbonyl (C=O) groups is 1. The van der Waals surface area contributed by atoms with Crippen LogP contribution >= 0.6 is 0 Å². The van der Waals surface area contributed by atoms with E-state index in [0.29, 0.717) is 12.7 Å². The fraction of sp³-hybridized carbons (Fsp3) is 0.857. The van der Waals surface area contributed by atoms with Crippen LogP contribution in [0.5, 0.6) is 0 Å². The average molecular weight is 144 g/mol. The highest BCUT2D eigenvalue weighted by Crippen LogP contribution is 2.33. The highest BCUT2D eigenvalue weighted by Gasteiger charge is 2.40. The molecule has 0 spiro atoms. The molecule has 1 aliphatic rings. The van der Waals surface area contributed by atoms with Crippen molar-refractivity contribution in [2.75, 3.05) is 6.61 Å². The van der Waals surface area contributed by atoms with Crippen molar-refractivity contribution in [1.29, 1.82) is 0 Å². The number of carbonyl (C=O) groups excluding carboxylic acids is 1. The summed E-state index contributed by atoms with van der Waals surface area (Å²) in [5.74, 6) is -0.231. The van der Waals surface area contributed by atoms with E-state index in [4.69, 9.17) is 5.11 Å². The Morgan fingerprint density at radius 3 is 2.80 bits per heavy atom. The molecule has 0 aliphatic heterocycles. The minimum atomic E-state index is -1.23. The number of aldehydes is 1. The van der Waals surface area contributed by atoms with E-state index in [2.05, 4.69) is 0 Å².